The van der Waals surface area contributed by atoms with Gasteiger partial charge in [-0.3, -0.25) is 0 Å². The third-order valence-corrected chi connectivity index (χ3v) is 13.2. The Bertz CT molecular complexity index is 364. The van der Waals surface area contributed by atoms with Crippen LogP contribution in [0.25, 0.3) is 0 Å². The van der Waals surface area contributed by atoms with Crippen LogP contribution in [0, 0.1) is 5.92 Å². The van der Waals surface area contributed by atoms with E-state index in [9.17, 15) is 0 Å². The molecule has 0 aromatic carbocycles. The number of thioether (sulfide) groups is 2. The fourth-order valence-corrected chi connectivity index (χ4v) is 13.0. The predicted molar refractivity (Wildman–Crippen MR) is 112 cm³/mol. The van der Waals surface area contributed by atoms with Crippen molar-refractivity contribution in [1.82, 2.24) is 0 Å². The second kappa shape index (κ2) is 6.77. The van der Waals surface area contributed by atoms with Crippen LogP contribution in [-0.4, -0.2) is 45.7 Å². The lowest BCUT2D eigenvalue weighted by molar-refractivity contribution is 0.445. The largest absolute Gasteiger partial charge is 0.157 e. The summed E-state index contributed by atoms with van der Waals surface area (Å²) in [6, 6.07) is 0. The molecule has 0 spiro atoms. The molecule has 0 amide bonds. The van der Waals surface area contributed by atoms with Crippen LogP contribution in [0.3, 0.4) is 0 Å². The average Bonchev–Trinajstić information content (AvgIpc) is 2.49. The van der Waals surface area contributed by atoms with Crippen molar-refractivity contribution in [2.24, 2.45) is 5.92 Å². The van der Waals surface area contributed by atoms with Gasteiger partial charge in [0.2, 0.25) is 0 Å². The number of hydrogen-bond acceptors (Lipinski definition) is 3. The van der Waals surface area contributed by atoms with E-state index in [-0.39, 0.29) is 0 Å². The minimum Gasteiger partial charge on any atom is -0.157 e. The van der Waals surface area contributed by atoms with Crippen LogP contribution >= 0.6 is 41.4 Å². The van der Waals surface area contributed by atoms with Crippen LogP contribution in [-0.2, 0) is 0 Å². The second-order valence-corrected chi connectivity index (χ2v) is 20.3. The van der Waals surface area contributed by atoms with E-state index in [1.54, 1.807) is 0 Å². The first-order valence-corrected chi connectivity index (χ1v) is 14.7. The maximum absolute atomic E-state index is 2.54. The van der Waals surface area contributed by atoms with Gasteiger partial charge < -0.3 is 0 Å². The molecule has 21 heavy (non-hydrogen) atoms. The van der Waals surface area contributed by atoms with Gasteiger partial charge in [0.05, 0.1) is 31.2 Å². The fourth-order valence-electron chi connectivity index (χ4n) is 3.31. The van der Waals surface area contributed by atoms with Crippen molar-refractivity contribution in [3.05, 3.63) is 0 Å². The number of hydrogen-bond donors (Lipinski definition) is 0. The molecular formula is C17H36PS3+. The highest BCUT2D eigenvalue weighted by atomic mass is 32.7. The summed E-state index contributed by atoms with van der Waals surface area (Å²) in [7, 11) is 0. The summed E-state index contributed by atoms with van der Waals surface area (Å²) in [5.74, 6) is 0.759. The zero-order chi connectivity index (χ0) is 16.7. The van der Waals surface area contributed by atoms with Crippen LogP contribution < -0.4 is 0 Å². The molecule has 0 bridgehead atoms. The molecule has 4 atom stereocenters. The lowest BCUT2D eigenvalue weighted by Crippen LogP contribution is -2.38. The molecule has 0 radical (unpaired) electrons. The average molecular weight is 368 g/mol. The first kappa shape index (κ1) is 20.5. The van der Waals surface area contributed by atoms with E-state index in [4.69, 9.17) is 0 Å². The molecule has 1 fully saturated rings. The second-order valence-electron chi connectivity index (χ2n) is 8.33. The van der Waals surface area contributed by atoms with Crippen molar-refractivity contribution in [2.75, 3.05) is 26.3 Å². The highest BCUT2D eigenvalue weighted by Crippen LogP contribution is 2.72. The molecule has 0 saturated heterocycles. The van der Waals surface area contributed by atoms with Crippen molar-refractivity contribution in [1.29, 1.82) is 0 Å². The predicted octanol–water partition coefficient (Wildman–Crippen LogP) is 6.75. The van der Waals surface area contributed by atoms with E-state index in [2.05, 4.69) is 103 Å². The Morgan fingerprint density at radius 1 is 1.19 bits per heavy atom. The molecule has 0 aliphatic heterocycles. The maximum atomic E-state index is 2.54. The van der Waals surface area contributed by atoms with Crippen LogP contribution in [0.15, 0.2) is 0 Å². The van der Waals surface area contributed by atoms with E-state index in [1.807, 2.05) is 0 Å². The molecule has 0 N–H and O–H groups in total. The molecule has 1 aliphatic rings. The molecule has 0 heterocycles. The fraction of sp³-hybridized carbons (Fsp3) is 1.00. The zero-order valence-corrected chi connectivity index (χ0v) is 19.1. The van der Waals surface area contributed by atoms with Crippen LogP contribution in [0.5, 0.6) is 0 Å². The monoisotopic (exact) mass is 367 g/mol. The van der Waals surface area contributed by atoms with Gasteiger partial charge in [-0.2, -0.15) is 23.5 Å². The Labute approximate surface area is 147 Å². The molecular weight excluding hydrogens is 331 g/mol. The summed E-state index contributed by atoms with van der Waals surface area (Å²) >= 11 is 6.67. The van der Waals surface area contributed by atoms with E-state index >= 15 is 0 Å². The van der Waals surface area contributed by atoms with Gasteiger partial charge in [0, 0.05) is 26.1 Å². The van der Waals surface area contributed by atoms with Crippen LogP contribution in [0.4, 0.5) is 0 Å². The SMILES string of the molecule is CCC(C)(C)SC1CC(C)(S[P+](C)(C)C)C(C)C1(C)SC. The minimum atomic E-state index is -0.821. The van der Waals surface area contributed by atoms with Crippen LogP contribution in [0.1, 0.15) is 54.4 Å². The van der Waals surface area contributed by atoms with Crippen molar-refractivity contribution in [2.45, 2.75) is 73.9 Å². The topological polar surface area (TPSA) is 0 Å². The Kier molecular flexibility index (Phi) is 6.62. The number of rotatable bonds is 6. The minimum absolute atomic E-state index is 0.397. The summed E-state index contributed by atoms with van der Waals surface area (Å²) in [5, 5.41) is 0.765. The van der Waals surface area contributed by atoms with Gasteiger partial charge in [0.1, 0.15) is 0 Å². The Morgan fingerprint density at radius 2 is 1.71 bits per heavy atom. The van der Waals surface area contributed by atoms with E-state index in [0.717, 1.165) is 11.2 Å². The summed E-state index contributed by atoms with van der Waals surface area (Å²) < 4.78 is 1.23. The van der Waals surface area contributed by atoms with Gasteiger partial charge in [0.25, 0.3) is 0 Å². The van der Waals surface area contributed by atoms with Crippen molar-refractivity contribution in [3.63, 3.8) is 0 Å². The third-order valence-electron chi connectivity index (χ3n) is 5.24. The van der Waals surface area contributed by atoms with Crippen molar-refractivity contribution < 1.29 is 0 Å². The maximum Gasteiger partial charge on any atom is 0.0654 e. The molecule has 4 heteroatoms. The first-order valence-electron chi connectivity index (χ1n) is 8.05. The molecule has 0 aromatic rings. The van der Waals surface area contributed by atoms with E-state index in [0.29, 0.717) is 14.2 Å². The highest BCUT2D eigenvalue weighted by molar-refractivity contribution is 8.62. The zero-order valence-electron chi connectivity index (χ0n) is 15.7. The van der Waals surface area contributed by atoms with Gasteiger partial charge in [-0.25, -0.2) is 0 Å². The van der Waals surface area contributed by atoms with E-state index in [1.165, 1.54) is 12.8 Å². The molecule has 1 rings (SSSR count). The Morgan fingerprint density at radius 3 is 2.10 bits per heavy atom. The molecule has 0 nitrogen and oxygen atoms in total. The smallest absolute Gasteiger partial charge is 0.0654 e. The van der Waals surface area contributed by atoms with Crippen molar-refractivity contribution >= 4 is 41.4 Å². The van der Waals surface area contributed by atoms with Crippen LogP contribution in [0.2, 0.25) is 0 Å². The Balaban J connectivity index is 3.06. The molecule has 4 unspecified atom stereocenters. The standard InChI is InChI=1S/C17H36PS3/c1-11-15(3,4)20-14-12-16(5,21-18(7,8)9)13(2)17(14,6)19-10/h13-14H,11-12H2,1-10H3/q+1. The van der Waals surface area contributed by atoms with Gasteiger partial charge in [-0.1, -0.05) is 27.7 Å². The first-order chi connectivity index (χ1) is 9.30. The molecule has 1 saturated carbocycles. The summed E-state index contributed by atoms with van der Waals surface area (Å²) in [6.45, 7) is 21.4. The summed E-state index contributed by atoms with van der Waals surface area (Å²) in [4.78, 5) is 0. The normalized spacial score (nSPS) is 38.0. The quantitative estimate of drug-likeness (QED) is 0.476. The third kappa shape index (κ3) is 4.74. The van der Waals surface area contributed by atoms with Gasteiger partial charge >= 0.3 is 0 Å². The molecule has 0 aromatic heterocycles. The summed E-state index contributed by atoms with van der Waals surface area (Å²) in [5.41, 5.74) is 0. The van der Waals surface area contributed by atoms with E-state index < -0.39 is 6.46 Å². The Hall–Kier alpha value is 1.48. The lowest BCUT2D eigenvalue weighted by atomic mass is 9.92. The summed E-state index contributed by atoms with van der Waals surface area (Å²) in [6.07, 6.45) is 4.94. The molecule has 126 valence electrons. The van der Waals surface area contributed by atoms with Crippen molar-refractivity contribution in [3.8, 4) is 0 Å². The van der Waals surface area contributed by atoms with Gasteiger partial charge in [0.15, 0.2) is 0 Å². The van der Waals surface area contributed by atoms with Gasteiger partial charge in [-0.05, 0) is 38.9 Å². The molecule has 1 aliphatic carbocycles. The lowest BCUT2D eigenvalue weighted by Gasteiger charge is -2.39. The highest BCUT2D eigenvalue weighted by Gasteiger charge is 2.59. The van der Waals surface area contributed by atoms with Gasteiger partial charge in [-0.15, -0.1) is 0 Å².